The predicted molar refractivity (Wildman–Crippen MR) is 113 cm³/mol. The highest BCUT2D eigenvalue weighted by Crippen LogP contribution is 2.32. The highest BCUT2D eigenvalue weighted by atomic mass is 16.5. The summed E-state index contributed by atoms with van der Waals surface area (Å²) in [7, 11) is 0. The van der Waals surface area contributed by atoms with E-state index in [9.17, 15) is 4.79 Å². The summed E-state index contributed by atoms with van der Waals surface area (Å²) >= 11 is 0. The molecule has 1 amide bonds. The number of hydrogen-bond acceptors (Lipinski definition) is 6. The lowest BCUT2D eigenvalue weighted by molar-refractivity contribution is 0.0673. The van der Waals surface area contributed by atoms with Gasteiger partial charge in [-0.2, -0.15) is 0 Å². The molecule has 0 unspecified atom stereocenters. The molecule has 5 rings (SSSR count). The van der Waals surface area contributed by atoms with Crippen LogP contribution < -0.4 is 0 Å². The number of aromatic nitrogens is 2. The SMILES string of the molecule is CC(C)c1nc2c(o1)C(=O)N(CCN1CCC(c3noc4ccccc34)CC1)CC2. The quantitative estimate of drug-likeness (QED) is 0.639. The van der Waals surface area contributed by atoms with E-state index in [-0.39, 0.29) is 11.8 Å². The molecule has 0 saturated carbocycles. The van der Waals surface area contributed by atoms with Gasteiger partial charge in [0.1, 0.15) is 0 Å². The number of amides is 1. The first-order valence-corrected chi connectivity index (χ1v) is 11.0. The molecular formula is C23H28N4O3. The third-order valence-electron chi connectivity index (χ3n) is 6.37. The van der Waals surface area contributed by atoms with E-state index >= 15 is 0 Å². The molecule has 0 aliphatic carbocycles. The van der Waals surface area contributed by atoms with Crippen LogP contribution in [0.15, 0.2) is 33.2 Å². The van der Waals surface area contributed by atoms with Crippen LogP contribution in [0.4, 0.5) is 0 Å². The maximum atomic E-state index is 12.8. The smallest absolute Gasteiger partial charge is 0.291 e. The molecule has 7 nitrogen and oxygen atoms in total. The molecule has 1 saturated heterocycles. The maximum absolute atomic E-state index is 12.8. The second-order valence-electron chi connectivity index (χ2n) is 8.70. The number of oxazole rings is 1. The number of likely N-dealkylation sites (tertiary alicyclic amines) is 1. The van der Waals surface area contributed by atoms with Crippen molar-refractivity contribution < 1.29 is 13.7 Å². The van der Waals surface area contributed by atoms with E-state index in [0.717, 1.165) is 74.3 Å². The molecule has 0 N–H and O–H groups in total. The van der Waals surface area contributed by atoms with Crippen molar-refractivity contribution in [3.63, 3.8) is 0 Å². The molecule has 2 aliphatic heterocycles. The van der Waals surface area contributed by atoms with Gasteiger partial charge in [0.25, 0.3) is 5.91 Å². The van der Waals surface area contributed by atoms with Crippen molar-refractivity contribution in [2.45, 2.75) is 44.9 Å². The van der Waals surface area contributed by atoms with Crippen molar-refractivity contribution in [3.8, 4) is 0 Å². The fourth-order valence-corrected chi connectivity index (χ4v) is 4.54. The molecule has 2 aliphatic rings. The maximum Gasteiger partial charge on any atom is 0.291 e. The Morgan fingerprint density at radius 2 is 1.93 bits per heavy atom. The summed E-state index contributed by atoms with van der Waals surface area (Å²) in [4.78, 5) is 21.7. The molecule has 4 heterocycles. The number of carbonyl (C=O) groups is 1. The molecule has 7 heteroatoms. The summed E-state index contributed by atoms with van der Waals surface area (Å²) in [5.74, 6) is 1.73. The van der Waals surface area contributed by atoms with Crippen molar-refractivity contribution in [1.29, 1.82) is 0 Å². The fourth-order valence-electron chi connectivity index (χ4n) is 4.54. The van der Waals surface area contributed by atoms with Crippen LogP contribution in [0.25, 0.3) is 11.0 Å². The van der Waals surface area contributed by atoms with Gasteiger partial charge in [-0.3, -0.25) is 4.79 Å². The summed E-state index contributed by atoms with van der Waals surface area (Å²) in [5.41, 5.74) is 2.78. The lowest BCUT2D eigenvalue weighted by Crippen LogP contribution is -2.44. The van der Waals surface area contributed by atoms with Gasteiger partial charge in [-0.1, -0.05) is 31.1 Å². The number of carbonyl (C=O) groups excluding carboxylic acids is 1. The summed E-state index contributed by atoms with van der Waals surface area (Å²) in [6.07, 6.45) is 2.90. The number of rotatable bonds is 5. The minimum atomic E-state index is -0.0143. The van der Waals surface area contributed by atoms with E-state index < -0.39 is 0 Å². The van der Waals surface area contributed by atoms with E-state index in [4.69, 9.17) is 8.94 Å². The van der Waals surface area contributed by atoms with Crippen molar-refractivity contribution >= 4 is 16.9 Å². The molecule has 3 aromatic rings. The van der Waals surface area contributed by atoms with E-state index in [1.54, 1.807) is 0 Å². The summed E-state index contributed by atoms with van der Waals surface area (Å²) in [6, 6.07) is 8.09. The average Bonchev–Trinajstić information content (AvgIpc) is 3.39. The zero-order valence-electron chi connectivity index (χ0n) is 17.6. The van der Waals surface area contributed by atoms with Crippen LogP contribution in [0.1, 0.15) is 66.4 Å². The first-order chi connectivity index (χ1) is 14.6. The molecular weight excluding hydrogens is 380 g/mol. The topological polar surface area (TPSA) is 75.6 Å². The van der Waals surface area contributed by atoms with Crippen LogP contribution in [0.5, 0.6) is 0 Å². The second kappa shape index (κ2) is 7.87. The molecule has 0 radical (unpaired) electrons. The Kier molecular flexibility index (Phi) is 5.06. The predicted octanol–water partition coefficient (Wildman–Crippen LogP) is 3.82. The third-order valence-corrected chi connectivity index (χ3v) is 6.37. The van der Waals surface area contributed by atoms with Crippen LogP contribution in [-0.2, 0) is 6.42 Å². The highest BCUT2D eigenvalue weighted by molar-refractivity contribution is 5.93. The van der Waals surface area contributed by atoms with E-state index in [2.05, 4.69) is 21.1 Å². The van der Waals surface area contributed by atoms with Crippen molar-refractivity contribution in [2.75, 3.05) is 32.7 Å². The Morgan fingerprint density at radius 1 is 1.13 bits per heavy atom. The first-order valence-electron chi connectivity index (χ1n) is 11.0. The van der Waals surface area contributed by atoms with Crippen molar-refractivity contribution in [2.24, 2.45) is 0 Å². The molecule has 1 fully saturated rings. The van der Waals surface area contributed by atoms with Crippen molar-refractivity contribution in [1.82, 2.24) is 19.9 Å². The normalized spacial score (nSPS) is 18.5. The largest absolute Gasteiger partial charge is 0.435 e. The van der Waals surface area contributed by atoms with Crippen molar-refractivity contribution in [3.05, 3.63) is 47.3 Å². The lowest BCUT2D eigenvalue weighted by atomic mass is 9.91. The average molecular weight is 409 g/mol. The van der Waals surface area contributed by atoms with Gasteiger partial charge in [0, 0.05) is 43.3 Å². The Labute approximate surface area is 176 Å². The lowest BCUT2D eigenvalue weighted by Gasteiger charge is -2.33. The van der Waals surface area contributed by atoms with Gasteiger partial charge < -0.3 is 18.7 Å². The van der Waals surface area contributed by atoms with Gasteiger partial charge >= 0.3 is 0 Å². The van der Waals surface area contributed by atoms with Crippen LogP contribution in [0.2, 0.25) is 0 Å². The van der Waals surface area contributed by atoms with Gasteiger partial charge in [0.15, 0.2) is 11.5 Å². The molecule has 0 bridgehead atoms. The monoisotopic (exact) mass is 408 g/mol. The molecule has 158 valence electrons. The minimum absolute atomic E-state index is 0.0143. The number of hydrogen-bond donors (Lipinski definition) is 0. The number of piperidine rings is 1. The van der Waals surface area contributed by atoms with Gasteiger partial charge in [-0.15, -0.1) is 0 Å². The Bertz CT molecular complexity index is 1050. The van der Waals surface area contributed by atoms with Crippen LogP contribution >= 0.6 is 0 Å². The summed E-state index contributed by atoms with van der Waals surface area (Å²) in [6.45, 7) is 8.43. The molecule has 0 atom stereocenters. The van der Waals surface area contributed by atoms with Gasteiger partial charge in [0.2, 0.25) is 5.76 Å². The third kappa shape index (κ3) is 3.51. The van der Waals surface area contributed by atoms with Crippen LogP contribution in [-0.4, -0.2) is 58.6 Å². The summed E-state index contributed by atoms with van der Waals surface area (Å²) in [5, 5.41) is 5.48. The number of fused-ring (bicyclic) bond motifs is 2. The number of para-hydroxylation sites is 1. The zero-order chi connectivity index (χ0) is 20.7. The zero-order valence-corrected chi connectivity index (χ0v) is 17.6. The Hall–Kier alpha value is -2.67. The standard InChI is InChI=1S/C23H28N4O3/c1-15(2)22-24-18-9-12-27(23(28)21(18)29-22)14-13-26-10-7-16(8-11-26)20-17-5-3-4-6-19(17)30-25-20/h3-6,15-16H,7-14H2,1-2H3. The Morgan fingerprint density at radius 3 is 2.73 bits per heavy atom. The van der Waals surface area contributed by atoms with Gasteiger partial charge in [0.05, 0.1) is 11.4 Å². The fraction of sp³-hybridized carbons (Fsp3) is 0.522. The Balaban J connectivity index is 1.16. The van der Waals surface area contributed by atoms with Crippen LogP contribution in [0.3, 0.4) is 0 Å². The van der Waals surface area contributed by atoms with E-state index in [0.29, 0.717) is 17.6 Å². The second-order valence-corrected chi connectivity index (χ2v) is 8.70. The van der Waals surface area contributed by atoms with Gasteiger partial charge in [-0.05, 0) is 38.1 Å². The van der Waals surface area contributed by atoms with Crippen LogP contribution in [0, 0.1) is 0 Å². The highest BCUT2D eigenvalue weighted by Gasteiger charge is 2.31. The van der Waals surface area contributed by atoms with E-state index in [1.807, 2.05) is 36.9 Å². The molecule has 2 aromatic heterocycles. The molecule has 1 aromatic carbocycles. The first kappa shape index (κ1) is 19.3. The molecule has 30 heavy (non-hydrogen) atoms. The summed E-state index contributed by atoms with van der Waals surface area (Å²) < 4.78 is 11.3. The number of nitrogens with zero attached hydrogens (tertiary/aromatic N) is 4. The minimum Gasteiger partial charge on any atom is -0.435 e. The molecule has 0 spiro atoms. The van der Waals surface area contributed by atoms with Gasteiger partial charge in [-0.25, -0.2) is 4.98 Å². The number of benzene rings is 1. The van der Waals surface area contributed by atoms with E-state index in [1.165, 1.54) is 0 Å².